The molecule has 17 heavy (non-hydrogen) atoms. The van der Waals surface area contributed by atoms with Crippen LogP contribution in [0.2, 0.25) is 0 Å². The molecule has 0 aliphatic rings. The Hall–Kier alpha value is -1.26. The van der Waals surface area contributed by atoms with Crippen molar-refractivity contribution in [1.29, 1.82) is 0 Å². The van der Waals surface area contributed by atoms with E-state index >= 15 is 0 Å². The third kappa shape index (κ3) is 4.63. The highest BCUT2D eigenvalue weighted by Crippen LogP contribution is 2.28. The Morgan fingerprint density at radius 3 is 2.71 bits per heavy atom. The van der Waals surface area contributed by atoms with Crippen LogP contribution in [0.3, 0.4) is 0 Å². The number of aliphatic hydroxyl groups excluding tert-OH is 1. The second kappa shape index (κ2) is 7.14. The lowest BCUT2D eigenvalue weighted by Crippen LogP contribution is -2.15. The lowest BCUT2D eigenvalue weighted by Gasteiger charge is -2.12. The monoisotopic (exact) mass is 239 g/mol. The van der Waals surface area contributed by atoms with Crippen LogP contribution in [0.15, 0.2) is 18.2 Å². The number of benzene rings is 1. The average molecular weight is 239 g/mol. The number of rotatable bonds is 7. The second-order valence-electron chi connectivity index (χ2n) is 4.07. The molecular formula is C13H21NO3. The molecule has 4 nitrogen and oxygen atoms in total. The van der Waals surface area contributed by atoms with Crippen LogP contribution in [0.1, 0.15) is 18.9 Å². The van der Waals surface area contributed by atoms with Gasteiger partial charge in [-0.2, -0.15) is 0 Å². The van der Waals surface area contributed by atoms with Gasteiger partial charge in [0.2, 0.25) is 0 Å². The minimum atomic E-state index is -0.00437. The third-order valence-corrected chi connectivity index (χ3v) is 2.47. The van der Waals surface area contributed by atoms with Gasteiger partial charge in [-0.25, -0.2) is 0 Å². The largest absolute Gasteiger partial charge is 0.493 e. The van der Waals surface area contributed by atoms with Crippen molar-refractivity contribution in [3.8, 4) is 11.5 Å². The highest BCUT2D eigenvalue weighted by atomic mass is 16.5. The van der Waals surface area contributed by atoms with Gasteiger partial charge >= 0.3 is 0 Å². The van der Waals surface area contributed by atoms with E-state index < -0.39 is 0 Å². The van der Waals surface area contributed by atoms with E-state index in [0.717, 1.165) is 12.8 Å². The highest BCUT2D eigenvalue weighted by Gasteiger charge is 2.06. The first-order chi connectivity index (χ1) is 8.17. The summed E-state index contributed by atoms with van der Waals surface area (Å²) in [6.07, 6.45) is 1.87. The zero-order valence-electron chi connectivity index (χ0n) is 10.5. The molecule has 0 bridgehead atoms. The van der Waals surface area contributed by atoms with Crippen LogP contribution < -0.4 is 15.2 Å². The Kier molecular flexibility index (Phi) is 5.80. The summed E-state index contributed by atoms with van der Waals surface area (Å²) in [4.78, 5) is 0. The molecule has 1 aromatic rings. The summed E-state index contributed by atoms with van der Waals surface area (Å²) in [6, 6.07) is 6.02. The quantitative estimate of drug-likeness (QED) is 0.753. The van der Waals surface area contributed by atoms with Crippen molar-refractivity contribution in [2.45, 2.75) is 25.8 Å². The summed E-state index contributed by atoms with van der Waals surface area (Å²) in [6.45, 7) is 2.26. The van der Waals surface area contributed by atoms with E-state index in [1.165, 1.54) is 5.56 Å². The Bertz CT molecular complexity index is 339. The smallest absolute Gasteiger partial charge is 0.161 e. The molecule has 1 rings (SSSR count). The molecule has 0 fully saturated rings. The van der Waals surface area contributed by atoms with Gasteiger partial charge in [-0.15, -0.1) is 0 Å². The van der Waals surface area contributed by atoms with Crippen LogP contribution in [0.25, 0.3) is 0 Å². The maximum atomic E-state index is 8.71. The van der Waals surface area contributed by atoms with Crippen molar-refractivity contribution in [2.75, 3.05) is 20.3 Å². The maximum absolute atomic E-state index is 8.71. The van der Waals surface area contributed by atoms with Gasteiger partial charge in [0, 0.05) is 6.04 Å². The highest BCUT2D eigenvalue weighted by molar-refractivity contribution is 5.43. The van der Waals surface area contributed by atoms with Gasteiger partial charge in [0.15, 0.2) is 11.5 Å². The van der Waals surface area contributed by atoms with Crippen LogP contribution >= 0.6 is 0 Å². The van der Waals surface area contributed by atoms with Crippen LogP contribution in [-0.4, -0.2) is 31.5 Å². The predicted octanol–water partition coefficient (Wildman–Crippen LogP) is 1.35. The fourth-order valence-corrected chi connectivity index (χ4v) is 1.54. The van der Waals surface area contributed by atoms with Gasteiger partial charge < -0.3 is 20.3 Å². The van der Waals surface area contributed by atoms with Crippen LogP contribution in [-0.2, 0) is 6.42 Å². The molecule has 0 aliphatic carbocycles. The fraction of sp³-hybridized carbons (Fsp3) is 0.538. The Morgan fingerprint density at radius 1 is 1.35 bits per heavy atom. The first-order valence-electron chi connectivity index (χ1n) is 5.83. The van der Waals surface area contributed by atoms with E-state index in [1.54, 1.807) is 7.11 Å². The van der Waals surface area contributed by atoms with Gasteiger partial charge in [-0.05, 0) is 37.5 Å². The molecule has 0 aromatic heterocycles. The zero-order valence-corrected chi connectivity index (χ0v) is 10.5. The summed E-state index contributed by atoms with van der Waals surface area (Å²) in [5, 5.41) is 8.71. The summed E-state index contributed by atoms with van der Waals surface area (Å²) in [5.74, 6) is 1.35. The first-order valence-corrected chi connectivity index (χ1v) is 5.83. The molecule has 4 heteroatoms. The molecule has 1 aromatic carbocycles. The lowest BCUT2D eigenvalue weighted by atomic mass is 10.1. The van der Waals surface area contributed by atoms with Gasteiger partial charge in [-0.1, -0.05) is 6.07 Å². The van der Waals surface area contributed by atoms with Gasteiger partial charge in [-0.3, -0.25) is 0 Å². The van der Waals surface area contributed by atoms with E-state index in [4.69, 9.17) is 20.3 Å². The Morgan fingerprint density at radius 2 is 2.12 bits per heavy atom. The van der Waals surface area contributed by atoms with E-state index in [2.05, 4.69) is 0 Å². The minimum absolute atomic E-state index is 0.00437. The van der Waals surface area contributed by atoms with E-state index in [-0.39, 0.29) is 19.3 Å². The molecule has 0 aliphatic heterocycles. The van der Waals surface area contributed by atoms with Crippen LogP contribution in [0.4, 0.5) is 0 Å². The number of methoxy groups -OCH3 is 1. The minimum Gasteiger partial charge on any atom is -0.493 e. The number of aryl methyl sites for hydroxylation is 1. The molecule has 96 valence electrons. The molecule has 0 radical (unpaired) electrons. The van der Waals surface area contributed by atoms with E-state index in [9.17, 15) is 0 Å². The summed E-state index contributed by atoms with van der Waals surface area (Å²) in [5.41, 5.74) is 6.90. The predicted molar refractivity (Wildman–Crippen MR) is 67.5 cm³/mol. The van der Waals surface area contributed by atoms with Crippen molar-refractivity contribution in [2.24, 2.45) is 5.73 Å². The molecular weight excluding hydrogens is 218 g/mol. The second-order valence-corrected chi connectivity index (χ2v) is 4.07. The van der Waals surface area contributed by atoms with E-state index in [0.29, 0.717) is 11.5 Å². The standard InChI is InChI=1S/C13H21NO3/c1-10(14)3-4-11-5-6-12(17-8-7-15)13(9-11)16-2/h5-6,9-10,15H,3-4,7-8,14H2,1-2H3. The zero-order chi connectivity index (χ0) is 12.7. The number of nitrogens with two attached hydrogens (primary N) is 1. The molecule has 0 saturated heterocycles. The molecule has 0 spiro atoms. The topological polar surface area (TPSA) is 64.7 Å². The number of aliphatic hydroxyl groups is 1. The lowest BCUT2D eigenvalue weighted by molar-refractivity contribution is 0.196. The molecule has 0 saturated carbocycles. The molecule has 1 atom stereocenters. The Balaban J connectivity index is 2.70. The number of hydrogen-bond acceptors (Lipinski definition) is 4. The SMILES string of the molecule is COc1cc(CCC(C)N)ccc1OCCO. The molecule has 0 amide bonds. The maximum Gasteiger partial charge on any atom is 0.161 e. The normalized spacial score (nSPS) is 12.2. The summed E-state index contributed by atoms with van der Waals surface area (Å²) >= 11 is 0. The van der Waals surface area contributed by atoms with Crippen LogP contribution in [0, 0.1) is 0 Å². The van der Waals surface area contributed by atoms with Crippen molar-refractivity contribution < 1.29 is 14.6 Å². The Labute approximate surface area is 102 Å². The third-order valence-electron chi connectivity index (χ3n) is 2.47. The van der Waals surface area contributed by atoms with Gasteiger partial charge in [0.05, 0.1) is 13.7 Å². The van der Waals surface area contributed by atoms with Crippen molar-refractivity contribution in [3.05, 3.63) is 23.8 Å². The van der Waals surface area contributed by atoms with Gasteiger partial charge in [0.1, 0.15) is 6.61 Å². The number of ether oxygens (including phenoxy) is 2. The fourth-order valence-electron chi connectivity index (χ4n) is 1.54. The average Bonchev–Trinajstić information content (AvgIpc) is 2.34. The first kappa shape index (κ1) is 13.8. The van der Waals surface area contributed by atoms with Crippen LogP contribution in [0.5, 0.6) is 11.5 Å². The molecule has 3 N–H and O–H groups in total. The molecule has 1 unspecified atom stereocenters. The van der Waals surface area contributed by atoms with Crippen molar-refractivity contribution in [3.63, 3.8) is 0 Å². The van der Waals surface area contributed by atoms with Crippen molar-refractivity contribution in [1.82, 2.24) is 0 Å². The van der Waals surface area contributed by atoms with Crippen molar-refractivity contribution >= 4 is 0 Å². The molecule has 0 heterocycles. The summed E-state index contributed by atoms with van der Waals surface area (Å²) in [7, 11) is 1.61. The summed E-state index contributed by atoms with van der Waals surface area (Å²) < 4.78 is 10.6. The van der Waals surface area contributed by atoms with Gasteiger partial charge in [0.25, 0.3) is 0 Å². The van der Waals surface area contributed by atoms with E-state index in [1.807, 2.05) is 25.1 Å². The number of hydrogen-bond donors (Lipinski definition) is 2.